The second kappa shape index (κ2) is 5.84. The van der Waals surface area contributed by atoms with E-state index in [1.165, 1.54) is 6.07 Å². The lowest BCUT2D eigenvalue weighted by atomic mass is 10.1. The number of ether oxygens (including phenoxy) is 1. The van der Waals surface area contributed by atoms with E-state index in [1.54, 1.807) is 19.2 Å². The number of nitrogens with one attached hydrogen (secondary N) is 1. The van der Waals surface area contributed by atoms with Crippen LogP contribution in [-0.2, 0) is 0 Å². The molecule has 104 valence electrons. The average Bonchev–Trinajstić information content (AvgIpc) is 2.41. The first kappa shape index (κ1) is 14.2. The summed E-state index contributed by atoms with van der Waals surface area (Å²) in [5.74, 6) is -0.245. The number of methoxy groups -OCH3 is 1. The molecule has 2 rings (SSSR count). The monoisotopic (exact) mass is 291 g/mol. The van der Waals surface area contributed by atoms with Crippen LogP contribution in [0, 0.1) is 6.92 Å². The highest BCUT2D eigenvalue weighted by Gasteiger charge is 2.11. The Morgan fingerprint density at radius 2 is 2.00 bits per heavy atom. The van der Waals surface area contributed by atoms with Crippen LogP contribution in [0.15, 0.2) is 36.4 Å². The third-order valence-electron chi connectivity index (χ3n) is 2.89. The van der Waals surface area contributed by atoms with Gasteiger partial charge in [0.15, 0.2) is 0 Å². The standard InChI is InChI=1S/C15H14ClNO3/c1-9-7-11(4-6-14(9)20-2)17-13-5-3-10(16)8-12(13)15(18)19/h3-8,17H,1-2H3,(H,18,19). The Kier molecular flexibility index (Phi) is 4.15. The van der Waals surface area contributed by atoms with Crippen LogP contribution in [-0.4, -0.2) is 18.2 Å². The second-order valence-electron chi connectivity index (χ2n) is 4.30. The molecular formula is C15H14ClNO3. The normalized spacial score (nSPS) is 10.2. The number of carboxylic acid groups (broad SMARTS) is 1. The predicted molar refractivity (Wildman–Crippen MR) is 79.4 cm³/mol. The number of halogens is 1. The van der Waals surface area contributed by atoms with Crippen LogP contribution in [0.25, 0.3) is 0 Å². The lowest BCUT2D eigenvalue weighted by molar-refractivity contribution is 0.0698. The van der Waals surface area contributed by atoms with Crippen molar-refractivity contribution in [1.82, 2.24) is 0 Å². The van der Waals surface area contributed by atoms with Crippen molar-refractivity contribution >= 4 is 28.9 Å². The van der Waals surface area contributed by atoms with Gasteiger partial charge in [0.05, 0.1) is 18.4 Å². The molecule has 0 aliphatic carbocycles. The van der Waals surface area contributed by atoms with Gasteiger partial charge in [0, 0.05) is 10.7 Å². The smallest absolute Gasteiger partial charge is 0.337 e. The molecular weight excluding hydrogens is 278 g/mol. The van der Waals surface area contributed by atoms with E-state index in [-0.39, 0.29) is 5.56 Å². The zero-order valence-corrected chi connectivity index (χ0v) is 11.9. The van der Waals surface area contributed by atoms with Gasteiger partial charge in [0.25, 0.3) is 0 Å². The minimum Gasteiger partial charge on any atom is -0.496 e. The Hall–Kier alpha value is -2.20. The van der Waals surface area contributed by atoms with E-state index in [4.69, 9.17) is 16.3 Å². The summed E-state index contributed by atoms with van der Waals surface area (Å²) in [5, 5.41) is 12.7. The van der Waals surface area contributed by atoms with E-state index in [9.17, 15) is 9.90 Å². The first-order valence-corrected chi connectivity index (χ1v) is 6.33. The average molecular weight is 292 g/mol. The molecule has 2 aromatic rings. The summed E-state index contributed by atoms with van der Waals surface area (Å²) in [6.07, 6.45) is 0. The Labute approximate surface area is 122 Å². The molecule has 0 aliphatic rings. The fourth-order valence-electron chi connectivity index (χ4n) is 1.91. The SMILES string of the molecule is COc1ccc(Nc2ccc(Cl)cc2C(=O)O)cc1C. The topological polar surface area (TPSA) is 58.6 Å². The number of anilines is 2. The van der Waals surface area contributed by atoms with E-state index < -0.39 is 5.97 Å². The Morgan fingerprint density at radius 3 is 2.60 bits per heavy atom. The van der Waals surface area contributed by atoms with Crippen LogP contribution >= 0.6 is 11.6 Å². The van der Waals surface area contributed by atoms with E-state index in [0.717, 1.165) is 17.0 Å². The molecule has 0 heterocycles. The summed E-state index contributed by atoms with van der Waals surface area (Å²) >= 11 is 5.82. The van der Waals surface area contributed by atoms with Crippen molar-refractivity contribution in [1.29, 1.82) is 0 Å². The summed E-state index contributed by atoms with van der Waals surface area (Å²) in [7, 11) is 1.61. The second-order valence-corrected chi connectivity index (χ2v) is 4.74. The number of hydrogen-bond acceptors (Lipinski definition) is 3. The molecule has 0 spiro atoms. The van der Waals surface area contributed by atoms with Gasteiger partial charge in [0.1, 0.15) is 5.75 Å². The van der Waals surface area contributed by atoms with Crippen molar-refractivity contribution in [2.24, 2.45) is 0 Å². The summed E-state index contributed by atoms with van der Waals surface area (Å²) in [6.45, 7) is 1.92. The third-order valence-corrected chi connectivity index (χ3v) is 3.12. The first-order valence-electron chi connectivity index (χ1n) is 5.96. The molecule has 0 amide bonds. The van der Waals surface area contributed by atoms with Crippen molar-refractivity contribution < 1.29 is 14.6 Å². The van der Waals surface area contributed by atoms with Gasteiger partial charge < -0.3 is 15.2 Å². The molecule has 20 heavy (non-hydrogen) atoms. The van der Waals surface area contributed by atoms with Crippen LogP contribution in [0.3, 0.4) is 0 Å². The molecule has 0 radical (unpaired) electrons. The van der Waals surface area contributed by atoms with Crippen molar-refractivity contribution in [3.63, 3.8) is 0 Å². The Bertz CT molecular complexity index is 656. The lowest BCUT2D eigenvalue weighted by Crippen LogP contribution is -2.03. The number of benzene rings is 2. The third kappa shape index (κ3) is 3.03. The van der Waals surface area contributed by atoms with Crippen molar-refractivity contribution in [2.45, 2.75) is 6.92 Å². The van der Waals surface area contributed by atoms with Gasteiger partial charge in [-0.15, -0.1) is 0 Å². The van der Waals surface area contributed by atoms with Gasteiger partial charge in [-0.3, -0.25) is 0 Å². The quantitative estimate of drug-likeness (QED) is 0.890. The van der Waals surface area contributed by atoms with Gasteiger partial charge in [-0.05, 0) is 48.9 Å². The molecule has 2 aromatic carbocycles. The number of carboxylic acids is 1. The molecule has 0 atom stereocenters. The van der Waals surface area contributed by atoms with E-state index in [0.29, 0.717) is 10.7 Å². The number of aromatic carboxylic acids is 1. The van der Waals surface area contributed by atoms with E-state index in [1.807, 2.05) is 25.1 Å². The van der Waals surface area contributed by atoms with Gasteiger partial charge in [0.2, 0.25) is 0 Å². The molecule has 0 saturated heterocycles. The highest BCUT2D eigenvalue weighted by Crippen LogP contribution is 2.27. The van der Waals surface area contributed by atoms with Crippen molar-refractivity contribution in [3.05, 3.63) is 52.5 Å². The number of carbonyl (C=O) groups is 1. The minimum atomic E-state index is -1.03. The maximum Gasteiger partial charge on any atom is 0.337 e. The van der Waals surface area contributed by atoms with Crippen LogP contribution in [0.1, 0.15) is 15.9 Å². The molecule has 2 N–H and O–H groups in total. The van der Waals surface area contributed by atoms with Crippen LogP contribution < -0.4 is 10.1 Å². The van der Waals surface area contributed by atoms with Gasteiger partial charge >= 0.3 is 5.97 Å². The number of aryl methyl sites for hydroxylation is 1. The zero-order valence-electron chi connectivity index (χ0n) is 11.1. The molecule has 4 nitrogen and oxygen atoms in total. The lowest BCUT2D eigenvalue weighted by Gasteiger charge is -2.12. The maximum atomic E-state index is 11.2. The van der Waals surface area contributed by atoms with E-state index >= 15 is 0 Å². The van der Waals surface area contributed by atoms with Crippen LogP contribution in [0.5, 0.6) is 5.75 Å². The van der Waals surface area contributed by atoms with Crippen LogP contribution in [0.2, 0.25) is 5.02 Å². The fourth-order valence-corrected chi connectivity index (χ4v) is 2.09. The summed E-state index contributed by atoms with van der Waals surface area (Å²) in [4.78, 5) is 11.2. The van der Waals surface area contributed by atoms with Gasteiger partial charge in [-0.25, -0.2) is 4.79 Å². The highest BCUT2D eigenvalue weighted by molar-refractivity contribution is 6.31. The molecule has 0 bridgehead atoms. The molecule has 0 saturated carbocycles. The first-order chi connectivity index (χ1) is 9.51. The molecule has 0 fully saturated rings. The largest absolute Gasteiger partial charge is 0.496 e. The number of rotatable bonds is 4. The van der Waals surface area contributed by atoms with Crippen molar-refractivity contribution in [2.75, 3.05) is 12.4 Å². The highest BCUT2D eigenvalue weighted by atomic mass is 35.5. The summed E-state index contributed by atoms with van der Waals surface area (Å²) in [5.41, 5.74) is 2.37. The predicted octanol–water partition coefficient (Wildman–Crippen LogP) is 4.10. The Balaban J connectivity index is 2.35. The zero-order chi connectivity index (χ0) is 14.7. The molecule has 0 unspecified atom stereocenters. The van der Waals surface area contributed by atoms with Crippen molar-refractivity contribution in [3.8, 4) is 5.75 Å². The molecule has 0 aromatic heterocycles. The summed E-state index contributed by atoms with van der Waals surface area (Å²) < 4.78 is 5.19. The molecule has 5 heteroatoms. The number of hydrogen-bond donors (Lipinski definition) is 2. The maximum absolute atomic E-state index is 11.2. The Morgan fingerprint density at radius 1 is 1.25 bits per heavy atom. The van der Waals surface area contributed by atoms with Crippen LogP contribution in [0.4, 0.5) is 11.4 Å². The van der Waals surface area contributed by atoms with E-state index in [2.05, 4.69) is 5.32 Å². The fraction of sp³-hybridized carbons (Fsp3) is 0.133. The molecule has 0 aliphatic heterocycles. The summed E-state index contributed by atoms with van der Waals surface area (Å²) in [6, 6.07) is 10.2. The minimum absolute atomic E-state index is 0.131. The van der Waals surface area contributed by atoms with Gasteiger partial charge in [-0.2, -0.15) is 0 Å². The van der Waals surface area contributed by atoms with Gasteiger partial charge in [-0.1, -0.05) is 11.6 Å².